The molecule has 1 saturated carbocycles. The van der Waals surface area contributed by atoms with Crippen molar-refractivity contribution in [3.63, 3.8) is 0 Å². The van der Waals surface area contributed by atoms with Gasteiger partial charge in [0.05, 0.1) is 5.60 Å². The van der Waals surface area contributed by atoms with Crippen LogP contribution in [0.5, 0.6) is 0 Å². The summed E-state index contributed by atoms with van der Waals surface area (Å²) in [7, 11) is 1.85. The zero-order chi connectivity index (χ0) is 11.6. The SMILES string of the molecule is CC.CC.CC[C@@]1(OC)CC[C@@H](C)C1. The summed E-state index contributed by atoms with van der Waals surface area (Å²) in [6.07, 6.45) is 5.05. The van der Waals surface area contributed by atoms with E-state index in [1.165, 1.54) is 25.7 Å². The molecule has 1 heteroatoms. The fraction of sp³-hybridized carbons (Fsp3) is 1.00. The van der Waals surface area contributed by atoms with Crippen molar-refractivity contribution < 1.29 is 4.74 Å². The quantitative estimate of drug-likeness (QED) is 0.633. The van der Waals surface area contributed by atoms with E-state index in [9.17, 15) is 0 Å². The smallest absolute Gasteiger partial charge is 0.0678 e. The lowest BCUT2D eigenvalue weighted by atomic mass is 9.97. The van der Waals surface area contributed by atoms with E-state index in [1.54, 1.807) is 0 Å². The van der Waals surface area contributed by atoms with Crippen molar-refractivity contribution in [3.05, 3.63) is 0 Å². The molecule has 88 valence electrons. The molecule has 0 radical (unpaired) electrons. The van der Waals surface area contributed by atoms with E-state index in [1.807, 2.05) is 34.8 Å². The Labute approximate surface area is 91.2 Å². The Morgan fingerprint density at radius 1 is 1.21 bits per heavy atom. The summed E-state index contributed by atoms with van der Waals surface area (Å²) >= 11 is 0. The van der Waals surface area contributed by atoms with Gasteiger partial charge in [-0.15, -0.1) is 0 Å². The van der Waals surface area contributed by atoms with Gasteiger partial charge in [-0.1, -0.05) is 41.5 Å². The minimum absolute atomic E-state index is 0.249. The van der Waals surface area contributed by atoms with Crippen LogP contribution in [0.15, 0.2) is 0 Å². The van der Waals surface area contributed by atoms with Crippen LogP contribution >= 0.6 is 0 Å². The monoisotopic (exact) mass is 202 g/mol. The molecule has 1 rings (SSSR count). The molecule has 0 aromatic carbocycles. The van der Waals surface area contributed by atoms with E-state index in [0.717, 1.165) is 5.92 Å². The Balaban J connectivity index is 0. The van der Waals surface area contributed by atoms with Crippen LogP contribution < -0.4 is 0 Å². The summed E-state index contributed by atoms with van der Waals surface area (Å²) in [5, 5.41) is 0. The van der Waals surface area contributed by atoms with Crippen LogP contribution in [0.1, 0.15) is 67.2 Å². The predicted molar refractivity (Wildman–Crippen MR) is 65.7 cm³/mol. The zero-order valence-corrected chi connectivity index (χ0v) is 11.3. The van der Waals surface area contributed by atoms with E-state index in [2.05, 4.69) is 13.8 Å². The molecule has 0 amide bonds. The molecule has 0 saturated heterocycles. The molecule has 0 heterocycles. The Hall–Kier alpha value is -0.0400. The second-order valence-electron chi connectivity index (χ2n) is 3.59. The summed E-state index contributed by atoms with van der Waals surface area (Å²) in [6.45, 7) is 12.5. The number of hydrogen-bond acceptors (Lipinski definition) is 1. The second-order valence-corrected chi connectivity index (χ2v) is 3.59. The molecule has 14 heavy (non-hydrogen) atoms. The highest BCUT2D eigenvalue weighted by Crippen LogP contribution is 2.38. The van der Waals surface area contributed by atoms with Gasteiger partial charge in [0.25, 0.3) is 0 Å². The topological polar surface area (TPSA) is 9.23 Å². The molecular formula is C13H30O. The van der Waals surface area contributed by atoms with Crippen molar-refractivity contribution in [2.45, 2.75) is 72.8 Å². The van der Waals surface area contributed by atoms with Crippen molar-refractivity contribution >= 4 is 0 Å². The van der Waals surface area contributed by atoms with Crippen molar-refractivity contribution in [3.8, 4) is 0 Å². The lowest BCUT2D eigenvalue weighted by Crippen LogP contribution is -2.26. The van der Waals surface area contributed by atoms with Crippen molar-refractivity contribution in [2.24, 2.45) is 5.92 Å². The third kappa shape index (κ3) is 4.99. The van der Waals surface area contributed by atoms with Crippen LogP contribution in [0.2, 0.25) is 0 Å². The van der Waals surface area contributed by atoms with Gasteiger partial charge in [0.2, 0.25) is 0 Å². The number of methoxy groups -OCH3 is 1. The van der Waals surface area contributed by atoms with Gasteiger partial charge in [0, 0.05) is 7.11 Å². The molecule has 0 unspecified atom stereocenters. The molecular weight excluding hydrogens is 172 g/mol. The maximum atomic E-state index is 5.52. The first-order valence-electron chi connectivity index (χ1n) is 6.27. The molecule has 1 aliphatic rings. The normalized spacial score (nSPS) is 29.8. The highest BCUT2D eigenvalue weighted by atomic mass is 16.5. The summed E-state index contributed by atoms with van der Waals surface area (Å²) in [4.78, 5) is 0. The van der Waals surface area contributed by atoms with E-state index < -0.39 is 0 Å². The Morgan fingerprint density at radius 3 is 1.86 bits per heavy atom. The molecule has 0 aromatic heterocycles. The van der Waals surface area contributed by atoms with E-state index in [-0.39, 0.29) is 5.60 Å². The molecule has 2 atom stereocenters. The fourth-order valence-corrected chi connectivity index (χ4v) is 2.00. The van der Waals surface area contributed by atoms with Gasteiger partial charge in [-0.05, 0) is 31.6 Å². The van der Waals surface area contributed by atoms with Crippen molar-refractivity contribution in [1.82, 2.24) is 0 Å². The molecule has 0 N–H and O–H groups in total. The first-order valence-corrected chi connectivity index (χ1v) is 6.27. The molecule has 0 bridgehead atoms. The Morgan fingerprint density at radius 2 is 1.71 bits per heavy atom. The minimum atomic E-state index is 0.249. The Kier molecular flexibility index (Phi) is 11.1. The van der Waals surface area contributed by atoms with Crippen molar-refractivity contribution in [2.75, 3.05) is 7.11 Å². The number of ether oxygens (including phenoxy) is 1. The van der Waals surface area contributed by atoms with Gasteiger partial charge in [0.1, 0.15) is 0 Å². The zero-order valence-electron chi connectivity index (χ0n) is 11.3. The third-order valence-electron chi connectivity index (χ3n) is 2.89. The molecule has 1 fully saturated rings. The largest absolute Gasteiger partial charge is 0.378 e. The second kappa shape index (κ2) is 9.51. The van der Waals surface area contributed by atoms with Crippen LogP contribution in [0.4, 0.5) is 0 Å². The highest BCUT2D eigenvalue weighted by Gasteiger charge is 2.35. The van der Waals surface area contributed by atoms with Gasteiger partial charge in [-0.25, -0.2) is 0 Å². The van der Waals surface area contributed by atoms with Crippen LogP contribution in [0, 0.1) is 5.92 Å². The number of hydrogen-bond donors (Lipinski definition) is 0. The van der Waals surface area contributed by atoms with Gasteiger partial charge in [0.15, 0.2) is 0 Å². The van der Waals surface area contributed by atoms with E-state index in [0.29, 0.717) is 0 Å². The summed E-state index contributed by atoms with van der Waals surface area (Å²) < 4.78 is 5.52. The minimum Gasteiger partial charge on any atom is -0.378 e. The molecule has 1 aliphatic carbocycles. The summed E-state index contributed by atoms with van der Waals surface area (Å²) in [5.41, 5.74) is 0.249. The van der Waals surface area contributed by atoms with E-state index in [4.69, 9.17) is 4.74 Å². The average molecular weight is 202 g/mol. The maximum absolute atomic E-state index is 5.52. The van der Waals surface area contributed by atoms with Gasteiger partial charge >= 0.3 is 0 Å². The molecule has 0 aromatic rings. The van der Waals surface area contributed by atoms with Crippen LogP contribution in [0.25, 0.3) is 0 Å². The van der Waals surface area contributed by atoms with Crippen LogP contribution in [-0.4, -0.2) is 12.7 Å². The molecule has 1 nitrogen and oxygen atoms in total. The van der Waals surface area contributed by atoms with Crippen molar-refractivity contribution in [1.29, 1.82) is 0 Å². The maximum Gasteiger partial charge on any atom is 0.0678 e. The average Bonchev–Trinajstić information content (AvgIpc) is 2.67. The summed E-state index contributed by atoms with van der Waals surface area (Å²) in [6, 6.07) is 0. The van der Waals surface area contributed by atoms with Gasteiger partial charge in [-0.2, -0.15) is 0 Å². The van der Waals surface area contributed by atoms with Gasteiger partial charge < -0.3 is 4.74 Å². The first kappa shape index (κ1) is 16.4. The lowest BCUT2D eigenvalue weighted by molar-refractivity contribution is -0.00999. The standard InChI is InChI=1S/C9H18O.2C2H6/c1-4-9(10-3)6-5-8(2)7-9;2*1-2/h8H,4-7H2,1-3H3;2*1-2H3/t8-,9-;;/m1../s1. The van der Waals surface area contributed by atoms with Crippen LogP contribution in [-0.2, 0) is 4.74 Å². The number of rotatable bonds is 2. The van der Waals surface area contributed by atoms with E-state index >= 15 is 0 Å². The van der Waals surface area contributed by atoms with Crippen LogP contribution in [0.3, 0.4) is 0 Å². The lowest BCUT2D eigenvalue weighted by Gasteiger charge is -2.25. The third-order valence-corrected chi connectivity index (χ3v) is 2.89. The highest BCUT2D eigenvalue weighted by molar-refractivity contribution is 4.87. The molecule has 0 aliphatic heterocycles. The summed E-state index contributed by atoms with van der Waals surface area (Å²) in [5.74, 6) is 0.875. The molecule has 0 spiro atoms. The Bertz CT molecular complexity index is 106. The first-order chi connectivity index (χ1) is 6.72. The fourth-order valence-electron chi connectivity index (χ4n) is 2.00. The predicted octanol–water partition coefficient (Wildman–Crippen LogP) is 4.65. The van der Waals surface area contributed by atoms with Gasteiger partial charge in [-0.3, -0.25) is 0 Å².